The highest BCUT2D eigenvalue weighted by atomic mass is 16.6. The van der Waals surface area contributed by atoms with Gasteiger partial charge in [0.05, 0.1) is 20.8 Å². The monoisotopic (exact) mass is 435 g/mol. The predicted octanol–water partition coefficient (Wildman–Crippen LogP) is 3.07. The molecule has 0 aromatic heterocycles. The zero-order valence-electron chi connectivity index (χ0n) is 19.1. The maximum atomic E-state index is 12.7. The molecule has 0 aliphatic rings. The zero-order chi connectivity index (χ0) is 23.3. The number of rotatable bonds is 13. The van der Waals surface area contributed by atoms with Gasteiger partial charge in [0.2, 0.25) is 0 Å². The SMILES string of the molecule is C#CCOCC(=O)COCCCN(Cc1ccc(OC)cc1OC)C(=O)OC(C)(C)C. The fourth-order valence-electron chi connectivity index (χ4n) is 2.56. The summed E-state index contributed by atoms with van der Waals surface area (Å²) in [4.78, 5) is 25.9. The smallest absolute Gasteiger partial charge is 0.410 e. The van der Waals surface area contributed by atoms with E-state index in [4.69, 9.17) is 30.1 Å². The fraction of sp³-hybridized carbons (Fsp3) is 0.565. The Labute approximate surface area is 184 Å². The number of methoxy groups -OCH3 is 2. The van der Waals surface area contributed by atoms with E-state index in [1.165, 1.54) is 0 Å². The van der Waals surface area contributed by atoms with Gasteiger partial charge in [-0.15, -0.1) is 6.42 Å². The average molecular weight is 436 g/mol. The summed E-state index contributed by atoms with van der Waals surface area (Å²) in [7, 11) is 3.14. The van der Waals surface area contributed by atoms with Gasteiger partial charge in [0.15, 0.2) is 5.78 Å². The van der Waals surface area contributed by atoms with Gasteiger partial charge in [0.25, 0.3) is 0 Å². The highest BCUT2D eigenvalue weighted by molar-refractivity contribution is 5.80. The Balaban J connectivity index is 2.68. The Morgan fingerprint density at radius 2 is 1.81 bits per heavy atom. The molecule has 8 nitrogen and oxygen atoms in total. The van der Waals surface area contributed by atoms with Crippen LogP contribution in [0.3, 0.4) is 0 Å². The molecule has 0 N–H and O–H groups in total. The maximum Gasteiger partial charge on any atom is 0.410 e. The first-order chi connectivity index (χ1) is 14.7. The molecule has 0 atom stereocenters. The van der Waals surface area contributed by atoms with Crippen molar-refractivity contribution in [2.45, 2.75) is 39.3 Å². The molecule has 1 aromatic rings. The molecule has 0 spiro atoms. The van der Waals surface area contributed by atoms with Crippen LogP contribution in [0.1, 0.15) is 32.8 Å². The van der Waals surface area contributed by atoms with Crippen molar-refractivity contribution in [1.82, 2.24) is 4.90 Å². The molecule has 0 radical (unpaired) electrons. The summed E-state index contributed by atoms with van der Waals surface area (Å²) in [5.41, 5.74) is 0.191. The van der Waals surface area contributed by atoms with Crippen LogP contribution in [0.2, 0.25) is 0 Å². The summed E-state index contributed by atoms with van der Waals surface area (Å²) in [5.74, 6) is 3.37. The molecule has 0 aliphatic heterocycles. The fourth-order valence-corrected chi connectivity index (χ4v) is 2.56. The normalized spacial score (nSPS) is 10.8. The van der Waals surface area contributed by atoms with Crippen molar-refractivity contribution < 1.29 is 33.3 Å². The van der Waals surface area contributed by atoms with Gasteiger partial charge in [-0.1, -0.05) is 5.92 Å². The minimum absolute atomic E-state index is 0.0662. The Morgan fingerprint density at radius 3 is 2.42 bits per heavy atom. The minimum atomic E-state index is -0.624. The maximum absolute atomic E-state index is 12.7. The van der Waals surface area contributed by atoms with E-state index in [9.17, 15) is 9.59 Å². The standard InChI is InChI=1S/C23H33NO7/c1-7-12-29-16-19(25)17-30-13-8-11-24(22(26)31-23(2,3)4)15-18-9-10-20(27-5)14-21(18)28-6/h1,9-10,14H,8,11-13,15-17H2,2-6H3. The van der Waals surface area contributed by atoms with Gasteiger partial charge >= 0.3 is 6.09 Å². The van der Waals surface area contributed by atoms with Crippen LogP contribution in [0.25, 0.3) is 0 Å². The molecule has 0 heterocycles. The van der Waals surface area contributed by atoms with Gasteiger partial charge in [-0.3, -0.25) is 4.79 Å². The summed E-state index contributed by atoms with van der Waals surface area (Å²) >= 11 is 0. The topological polar surface area (TPSA) is 83.5 Å². The highest BCUT2D eigenvalue weighted by Crippen LogP contribution is 2.26. The highest BCUT2D eigenvalue weighted by Gasteiger charge is 2.23. The van der Waals surface area contributed by atoms with Crippen LogP contribution in [0.15, 0.2) is 18.2 Å². The first-order valence-corrected chi connectivity index (χ1v) is 9.99. The van der Waals surface area contributed by atoms with E-state index >= 15 is 0 Å². The van der Waals surface area contributed by atoms with E-state index in [0.717, 1.165) is 5.56 Å². The van der Waals surface area contributed by atoms with Crippen molar-refractivity contribution in [1.29, 1.82) is 0 Å². The van der Waals surface area contributed by atoms with Crippen LogP contribution in [0.4, 0.5) is 4.79 Å². The number of benzene rings is 1. The molecular formula is C23H33NO7. The number of Topliss-reactive ketones (excluding diaryl/α,β-unsaturated/α-hetero) is 1. The zero-order valence-corrected chi connectivity index (χ0v) is 19.1. The molecule has 8 heteroatoms. The number of ether oxygens (including phenoxy) is 5. The van der Waals surface area contributed by atoms with Gasteiger partial charge in [-0.2, -0.15) is 0 Å². The molecule has 0 fully saturated rings. The van der Waals surface area contributed by atoms with Crippen LogP contribution < -0.4 is 9.47 Å². The molecule has 0 saturated carbocycles. The largest absolute Gasteiger partial charge is 0.497 e. The minimum Gasteiger partial charge on any atom is -0.497 e. The summed E-state index contributed by atoms with van der Waals surface area (Å²) in [6.07, 6.45) is 5.14. The van der Waals surface area contributed by atoms with E-state index in [0.29, 0.717) is 37.6 Å². The molecule has 172 valence electrons. The first kappa shape index (κ1) is 26.3. The second-order valence-electron chi connectivity index (χ2n) is 7.72. The lowest BCUT2D eigenvalue weighted by molar-refractivity contribution is -0.127. The van der Waals surface area contributed by atoms with Crippen LogP contribution >= 0.6 is 0 Å². The van der Waals surface area contributed by atoms with Gasteiger partial charge in [-0.05, 0) is 39.3 Å². The van der Waals surface area contributed by atoms with Gasteiger partial charge in [0, 0.05) is 24.8 Å². The van der Waals surface area contributed by atoms with Crippen LogP contribution in [-0.2, 0) is 25.5 Å². The quantitative estimate of drug-likeness (QED) is 0.348. The van der Waals surface area contributed by atoms with E-state index in [2.05, 4.69) is 5.92 Å². The molecule has 31 heavy (non-hydrogen) atoms. The number of hydrogen-bond acceptors (Lipinski definition) is 7. The molecule has 0 bridgehead atoms. The van der Waals surface area contributed by atoms with Crippen LogP contribution in [-0.4, -0.2) is 69.6 Å². The molecule has 1 amide bonds. The summed E-state index contributed by atoms with van der Waals surface area (Å²) < 4.78 is 26.5. The Bertz CT molecular complexity index is 749. The van der Waals surface area contributed by atoms with Crippen molar-refractivity contribution in [2.24, 2.45) is 0 Å². The van der Waals surface area contributed by atoms with Crippen molar-refractivity contribution in [3.8, 4) is 23.8 Å². The molecule has 1 rings (SSSR count). The van der Waals surface area contributed by atoms with Crippen molar-refractivity contribution in [2.75, 3.05) is 47.2 Å². The van der Waals surface area contributed by atoms with Crippen molar-refractivity contribution in [3.63, 3.8) is 0 Å². The third-order valence-electron chi connectivity index (χ3n) is 3.94. The Kier molecular flexibility index (Phi) is 11.5. The third kappa shape index (κ3) is 10.7. The van der Waals surface area contributed by atoms with E-state index in [1.807, 2.05) is 32.9 Å². The summed E-state index contributed by atoms with van der Waals surface area (Å²) in [5, 5.41) is 0. The number of amides is 1. The van der Waals surface area contributed by atoms with E-state index in [1.54, 1.807) is 25.2 Å². The number of carbonyl (C=O) groups is 2. The summed E-state index contributed by atoms with van der Waals surface area (Å²) in [6, 6.07) is 5.42. The van der Waals surface area contributed by atoms with Crippen molar-refractivity contribution >= 4 is 11.9 Å². The third-order valence-corrected chi connectivity index (χ3v) is 3.94. The second-order valence-corrected chi connectivity index (χ2v) is 7.72. The Hall–Kier alpha value is -2.76. The average Bonchev–Trinajstić information content (AvgIpc) is 2.71. The lowest BCUT2D eigenvalue weighted by Gasteiger charge is -2.28. The number of terminal acetylenes is 1. The summed E-state index contributed by atoms with van der Waals surface area (Å²) in [6.45, 7) is 6.36. The molecule has 1 aromatic carbocycles. The number of ketones is 1. The second kappa shape index (κ2) is 13.5. The predicted molar refractivity (Wildman–Crippen MR) is 116 cm³/mol. The van der Waals surface area contributed by atoms with Crippen molar-refractivity contribution in [3.05, 3.63) is 23.8 Å². The lowest BCUT2D eigenvalue weighted by atomic mass is 10.1. The van der Waals surface area contributed by atoms with E-state index < -0.39 is 11.7 Å². The lowest BCUT2D eigenvalue weighted by Crippen LogP contribution is -2.37. The number of hydrogen-bond donors (Lipinski definition) is 0. The van der Waals surface area contributed by atoms with Crippen LogP contribution in [0, 0.1) is 12.3 Å². The Morgan fingerprint density at radius 1 is 1.10 bits per heavy atom. The van der Waals surface area contributed by atoms with Gasteiger partial charge < -0.3 is 28.6 Å². The van der Waals surface area contributed by atoms with Gasteiger partial charge in [-0.25, -0.2) is 4.79 Å². The van der Waals surface area contributed by atoms with E-state index in [-0.39, 0.29) is 25.6 Å². The molecule has 0 saturated heterocycles. The molecule has 0 aliphatic carbocycles. The molecule has 0 unspecified atom stereocenters. The number of nitrogens with zero attached hydrogens (tertiary/aromatic N) is 1. The van der Waals surface area contributed by atoms with Crippen LogP contribution in [0.5, 0.6) is 11.5 Å². The van der Waals surface area contributed by atoms with Gasteiger partial charge in [0.1, 0.15) is 36.9 Å². The molecular weight excluding hydrogens is 402 g/mol. The first-order valence-electron chi connectivity index (χ1n) is 9.99. The number of carbonyl (C=O) groups excluding carboxylic acids is 2.